The van der Waals surface area contributed by atoms with Crippen molar-refractivity contribution in [2.45, 2.75) is 23.2 Å². The first-order valence-electron chi connectivity index (χ1n) is 7.48. The molecule has 26 heavy (non-hydrogen) atoms. The fourth-order valence-electron chi connectivity index (χ4n) is 2.23. The van der Waals surface area contributed by atoms with E-state index in [1.807, 2.05) is 0 Å². The number of benzene rings is 2. The van der Waals surface area contributed by atoms with Crippen LogP contribution in [0.3, 0.4) is 0 Å². The number of para-hydroxylation sites is 1. The molecule has 0 bridgehead atoms. The molecule has 2 atom stereocenters. The molecule has 2 N–H and O–H groups in total. The van der Waals surface area contributed by atoms with Gasteiger partial charge in [0, 0.05) is 11.8 Å². The van der Waals surface area contributed by atoms with E-state index in [1.54, 1.807) is 48.5 Å². The number of carbonyl (C=O) groups is 2. The number of hydrogen-bond donors (Lipinski definition) is 2. The summed E-state index contributed by atoms with van der Waals surface area (Å²) in [5.74, 6) is -1.19. The van der Waals surface area contributed by atoms with Gasteiger partial charge < -0.3 is 25.1 Å². The molecular weight excluding hydrogens is 365 g/mol. The topological polar surface area (TPSA) is 98.7 Å². The number of thioether (sulfide) groups is 1. The van der Waals surface area contributed by atoms with E-state index >= 15 is 0 Å². The van der Waals surface area contributed by atoms with Crippen molar-refractivity contribution in [1.29, 1.82) is 0 Å². The Bertz CT molecular complexity index is 754. The van der Waals surface area contributed by atoms with Crippen LogP contribution in [0.4, 0.5) is 5.69 Å². The second-order valence-corrected chi connectivity index (χ2v) is 6.44. The number of rotatable bonds is 7. The molecule has 0 spiro atoms. The van der Waals surface area contributed by atoms with Gasteiger partial charge in [-0.05, 0) is 29.8 Å². The molecule has 8 heteroatoms. The molecule has 0 aliphatic carbocycles. The number of amides is 1. The van der Waals surface area contributed by atoms with Gasteiger partial charge in [0.05, 0.1) is 24.0 Å². The summed E-state index contributed by atoms with van der Waals surface area (Å²) in [6.07, 6.45) is -1.72. The average molecular weight is 383 g/mol. The fourth-order valence-corrected chi connectivity index (χ4v) is 3.44. The molecule has 0 saturated heterocycles. The molecule has 2 rings (SSSR count). The molecule has 1 amide bonds. The normalized spacial score (nSPS) is 12.4. The maximum absolute atomic E-state index is 11.3. The molecule has 0 saturated carbocycles. The van der Waals surface area contributed by atoms with Crippen LogP contribution in [0.5, 0.6) is 5.75 Å². The van der Waals surface area contributed by atoms with Crippen LogP contribution >= 0.6 is 11.8 Å². The number of aliphatic carboxylic acids is 1. The summed E-state index contributed by atoms with van der Waals surface area (Å²) in [7, 11) is 1.53. The van der Waals surface area contributed by atoms with Crippen LogP contribution in [0.1, 0.15) is 17.7 Å². The third-order valence-corrected chi connectivity index (χ3v) is 4.82. The van der Waals surface area contributed by atoms with Gasteiger partial charge >= 0.3 is 29.6 Å². The van der Waals surface area contributed by atoms with Gasteiger partial charge in [0.2, 0.25) is 5.91 Å². The Morgan fingerprint density at radius 3 is 2.31 bits per heavy atom. The van der Waals surface area contributed by atoms with Crippen molar-refractivity contribution in [3.63, 3.8) is 0 Å². The predicted octanol–water partition coefficient (Wildman–Crippen LogP) is -1.40. The maximum Gasteiger partial charge on any atom is 1.00 e. The van der Waals surface area contributed by atoms with E-state index in [2.05, 4.69) is 5.32 Å². The smallest absolute Gasteiger partial charge is 0.547 e. The zero-order valence-corrected chi connectivity index (χ0v) is 17.6. The minimum absolute atomic E-state index is 0. The van der Waals surface area contributed by atoms with Crippen LogP contribution in [-0.4, -0.2) is 30.2 Å². The Balaban J connectivity index is 0.00000338. The number of aliphatic hydroxyl groups is 1. The molecule has 0 radical (unpaired) electrons. The van der Waals surface area contributed by atoms with Gasteiger partial charge in [-0.1, -0.05) is 24.3 Å². The van der Waals surface area contributed by atoms with E-state index in [0.29, 0.717) is 21.9 Å². The zero-order valence-electron chi connectivity index (χ0n) is 14.8. The van der Waals surface area contributed by atoms with E-state index in [9.17, 15) is 19.8 Å². The Labute approximate surface area is 178 Å². The van der Waals surface area contributed by atoms with Crippen LogP contribution in [0, 0.1) is 0 Å². The summed E-state index contributed by atoms with van der Waals surface area (Å²) in [4.78, 5) is 23.2. The summed E-state index contributed by atoms with van der Waals surface area (Å²) in [5, 5.41) is 23.2. The molecule has 0 unspecified atom stereocenters. The first kappa shape index (κ1) is 22.5. The molecule has 0 aliphatic heterocycles. The van der Waals surface area contributed by atoms with E-state index < -0.39 is 17.3 Å². The third-order valence-electron chi connectivity index (χ3n) is 3.42. The van der Waals surface area contributed by atoms with Crippen LogP contribution in [0.25, 0.3) is 0 Å². The quantitative estimate of drug-likeness (QED) is 0.451. The summed E-state index contributed by atoms with van der Waals surface area (Å²) in [6.45, 7) is 1.39. The molecular formula is C18H18NNaO5S. The van der Waals surface area contributed by atoms with Crippen molar-refractivity contribution in [2.75, 3.05) is 12.4 Å². The second kappa shape index (κ2) is 10.6. The van der Waals surface area contributed by atoms with Gasteiger partial charge in [0.25, 0.3) is 0 Å². The molecule has 2 aromatic rings. The summed E-state index contributed by atoms with van der Waals surface area (Å²) in [6, 6.07) is 13.7. The summed E-state index contributed by atoms with van der Waals surface area (Å²) in [5.41, 5.74) is 1.14. The second-order valence-electron chi connectivity index (χ2n) is 5.25. The van der Waals surface area contributed by atoms with Crippen molar-refractivity contribution in [1.82, 2.24) is 0 Å². The standard InChI is InChI=1S/C18H19NO5S.Na/c1-11(20)19-14-5-3-4-6-15(14)25-17(16(21)18(22)23)12-7-9-13(24-2)10-8-12;/h3-10,16-17,21H,1-2H3,(H,19,20)(H,22,23);/q;+1/p-1/t16-,17+;/m1./s1. The number of aliphatic hydroxyl groups excluding tert-OH is 1. The van der Waals surface area contributed by atoms with Crippen molar-refractivity contribution in [2.24, 2.45) is 0 Å². The molecule has 2 aromatic carbocycles. The maximum atomic E-state index is 11.3. The largest absolute Gasteiger partial charge is 1.00 e. The minimum Gasteiger partial charge on any atom is -0.547 e. The Kier molecular flexibility index (Phi) is 9.18. The molecule has 6 nitrogen and oxygen atoms in total. The van der Waals surface area contributed by atoms with Gasteiger partial charge in [-0.2, -0.15) is 0 Å². The monoisotopic (exact) mass is 383 g/mol. The minimum atomic E-state index is -1.72. The number of nitrogens with one attached hydrogen (secondary N) is 1. The Hall–Kier alpha value is -1.51. The van der Waals surface area contributed by atoms with Gasteiger partial charge in [0.1, 0.15) is 11.9 Å². The zero-order chi connectivity index (χ0) is 18.4. The van der Waals surface area contributed by atoms with Crippen molar-refractivity contribution in [3.8, 4) is 5.75 Å². The predicted molar refractivity (Wildman–Crippen MR) is 93.4 cm³/mol. The Morgan fingerprint density at radius 2 is 1.77 bits per heavy atom. The van der Waals surface area contributed by atoms with Crippen molar-refractivity contribution >= 4 is 29.3 Å². The Morgan fingerprint density at radius 1 is 1.15 bits per heavy atom. The molecule has 132 valence electrons. The van der Waals surface area contributed by atoms with E-state index in [1.165, 1.54) is 14.0 Å². The van der Waals surface area contributed by atoms with Gasteiger partial charge in [0.15, 0.2) is 0 Å². The van der Waals surface area contributed by atoms with Gasteiger partial charge in [-0.15, -0.1) is 11.8 Å². The molecule has 0 aromatic heterocycles. The molecule has 0 aliphatic rings. The average Bonchev–Trinajstić information content (AvgIpc) is 2.60. The number of ether oxygens (including phenoxy) is 1. The number of anilines is 1. The summed E-state index contributed by atoms with van der Waals surface area (Å²) < 4.78 is 5.09. The van der Waals surface area contributed by atoms with E-state index in [-0.39, 0.29) is 35.5 Å². The molecule has 0 fully saturated rings. The number of hydrogen-bond acceptors (Lipinski definition) is 6. The first-order chi connectivity index (χ1) is 11.9. The number of carbonyl (C=O) groups excluding carboxylic acids is 2. The molecule has 0 heterocycles. The number of carboxylic acid groups (broad SMARTS) is 1. The first-order valence-corrected chi connectivity index (χ1v) is 8.36. The van der Waals surface area contributed by atoms with E-state index in [4.69, 9.17) is 4.74 Å². The van der Waals surface area contributed by atoms with Crippen molar-refractivity contribution < 1.29 is 54.1 Å². The number of carboxylic acids is 1. The van der Waals surface area contributed by atoms with Crippen LogP contribution in [-0.2, 0) is 9.59 Å². The SMILES string of the molecule is COc1ccc([C@H](Sc2ccccc2NC(C)=O)[C@@H](O)C(=O)[O-])cc1.[Na+]. The summed E-state index contributed by atoms with van der Waals surface area (Å²) >= 11 is 1.13. The van der Waals surface area contributed by atoms with Crippen LogP contribution in [0.2, 0.25) is 0 Å². The van der Waals surface area contributed by atoms with Crippen LogP contribution < -0.4 is 44.7 Å². The van der Waals surface area contributed by atoms with E-state index in [0.717, 1.165) is 11.8 Å². The van der Waals surface area contributed by atoms with Gasteiger partial charge in [-0.3, -0.25) is 4.79 Å². The number of methoxy groups -OCH3 is 1. The van der Waals surface area contributed by atoms with Gasteiger partial charge in [-0.25, -0.2) is 0 Å². The fraction of sp³-hybridized carbons (Fsp3) is 0.222. The van der Waals surface area contributed by atoms with Crippen LogP contribution in [0.15, 0.2) is 53.4 Å². The third kappa shape index (κ3) is 6.03. The van der Waals surface area contributed by atoms with Crippen molar-refractivity contribution in [3.05, 3.63) is 54.1 Å².